The fourth-order valence-corrected chi connectivity index (χ4v) is 1.03. The van der Waals surface area contributed by atoms with Crippen LogP contribution in [-0.4, -0.2) is 0 Å². The molecule has 0 radical (unpaired) electrons. The van der Waals surface area contributed by atoms with E-state index in [4.69, 9.17) is 0 Å². The predicted molar refractivity (Wildman–Crippen MR) is 57.4 cm³/mol. The monoisotopic (exact) mass is 304 g/mol. The van der Waals surface area contributed by atoms with Crippen LogP contribution in [-0.2, 0) is 21.7 Å². The minimum Gasteiger partial charge on any atom is -1.00 e. The summed E-state index contributed by atoms with van der Waals surface area (Å²) < 4.78 is 0. The molecule has 0 N–H and O–H groups in total. The minimum atomic E-state index is 0. The summed E-state index contributed by atoms with van der Waals surface area (Å²) in [7, 11) is 0. The summed E-state index contributed by atoms with van der Waals surface area (Å²) in [5.41, 5.74) is 1.85. The zero-order chi connectivity index (χ0) is 10.4. The Labute approximate surface area is 130 Å². The van der Waals surface area contributed by atoms with Gasteiger partial charge in [-0.2, -0.15) is 18.2 Å². The minimum absolute atomic E-state index is 0. The van der Waals surface area contributed by atoms with E-state index in [0.717, 1.165) is 11.1 Å². The zero-order valence-electron chi connectivity index (χ0n) is 9.78. The molecule has 0 atom stereocenters. The van der Waals surface area contributed by atoms with Gasteiger partial charge in [0.05, 0.1) is 0 Å². The van der Waals surface area contributed by atoms with Gasteiger partial charge in [-0.1, -0.05) is 29.3 Å². The molecule has 2 aromatic rings. The van der Waals surface area contributed by atoms with Crippen LogP contribution < -0.4 is 29.9 Å². The van der Waals surface area contributed by atoms with Crippen LogP contribution >= 0.6 is 0 Å². The van der Waals surface area contributed by atoms with Gasteiger partial charge in [0.2, 0.25) is 0 Å². The molecule has 0 saturated carbocycles. The molecular formula is C13H14Cl2OTi. The van der Waals surface area contributed by atoms with Crippen molar-refractivity contribution in [3.63, 3.8) is 0 Å². The molecule has 0 unspecified atom stereocenters. The number of halogens is 2. The molecular weight excluding hydrogens is 291 g/mol. The van der Waals surface area contributed by atoms with Crippen LogP contribution in [0.15, 0.2) is 48.5 Å². The fraction of sp³-hybridized carbons (Fsp3) is 0.154. The van der Waals surface area contributed by atoms with Crippen LogP contribution in [0.2, 0.25) is 0 Å². The number of rotatable bonds is 0. The van der Waals surface area contributed by atoms with Crippen molar-refractivity contribution in [3.05, 3.63) is 59.7 Å². The molecule has 0 heterocycles. The molecule has 4 heteroatoms. The molecule has 0 aromatic heterocycles. The number of benzene rings is 1. The van der Waals surface area contributed by atoms with Crippen LogP contribution in [0.25, 0.3) is 0 Å². The summed E-state index contributed by atoms with van der Waals surface area (Å²) in [6, 6.07) is 15.4. The summed E-state index contributed by atoms with van der Waals surface area (Å²) in [6.07, 6.45) is 0. The average molecular weight is 305 g/mol. The molecule has 0 aliphatic carbocycles. The van der Waals surface area contributed by atoms with Gasteiger partial charge >= 0.3 is 21.7 Å². The van der Waals surface area contributed by atoms with E-state index in [1.54, 1.807) is 6.07 Å². The van der Waals surface area contributed by atoms with E-state index >= 15 is 0 Å². The Balaban J connectivity index is -0.000000216. The van der Waals surface area contributed by atoms with E-state index in [9.17, 15) is 5.11 Å². The molecule has 0 saturated heterocycles. The van der Waals surface area contributed by atoms with Crippen molar-refractivity contribution < 1.29 is 51.6 Å². The first-order chi connectivity index (χ1) is 6.70. The van der Waals surface area contributed by atoms with Gasteiger partial charge in [-0.05, 0) is 13.8 Å². The second-order valence-corrected chi connectivity index (χ2v) is 3.23. The van der Waals surface area contributed by atoms with Gasteiger partial charge in [0.1, 0.15) is 0 Å². The standard InChI is InChI=1S/C8H10O.C5H5.2ClH.Ti/c1-6-3-4-7(2)8(9)5-6;1-2-4-5-3-1;;;/h3-5,9H,1-2H3;1-5H;2*1H;/q;-1;;;+4/p-3. The number of aryl methyl sites for hydroxylation is 2. The van der Waals surface area contributed by atoms with Crippen molar-refractivity contribution in [1.29, 1.82) is 0 Å². The Hall–Kier alpha value is -0.336. The van der Waals surface area contributed by atoms with Crippen molar-refractivity contribution in [2.75, 3.05) is 0 Å². The van der Waals surface area contributed by atoms with Gasteiger partial charge in [-0.25, -0.2) is 12.1 Å². The van der Waals surface area contributed by atoms with Gasteiger partial charge in [0.15, 0.2) is 0 Å². The third-order valence-electron chi connectivity index (χ3n) is 1.90. The maximum Gasteiger partial charge on any atom is 4.00 e. The van der Waals surface area contributed by atoms with Crippen LogP contribution in [0.5, 0.6) is 5.75 Å². The quantitative estimate of drug-likeness (QED) is 0.371. The van der Waals surface area contributed by atoms with Crippen LogP contribution in [0.4, 0.5) is 0 Å². The Bertz CT molecular complexity index is 358. The molecule has 0 amide bonds. The molecule has 17 heavy (non-hydrogen) atoms. The van der Waals surface area contributed by atoms with Gasteiger partial charge in [-0.3, -0.25) is 0 Å². The Morgan fingerprint density at radius 3 is 1.82 bits per heavy atom. The summed E-state index contributed by atoms with van der Waals surface area (Å²) in [5, 5.41) is 10.8. The molecule has 90 valence electrons. The molecule has 0 aliphatic rings. The average Bonchev–Trinajstić information content (AvgIpc) is 2.69. The number of hydrogen-bond acceptors (Lipinski definition) is 1. The summed E-state index contributed by atoms with van der Waals surface area (Å²) in [6.45, 7) is 3.74. The normalized spacial score (nSPS) is 7.41. The molecule has 0 spiro atoms. The van der Waals surface area contributed by atoms with Gasteiger partial charge < -0.3 is 29.9 Å². The van der Waals surface area contributed by atoms with E-state index in [1.807, 2.05) is 56.3 Å². The second-order valence-electron chi connectivity index (χ2n) is 3.23. The first-order valence-corrected chi connectivity index (χ1v) is 4.61. The molecule has 2 aromatic carbocycles. The van der Waals surface area contributed by atoms with Gasteiger partial charge in [0.25, 0.3) is 0 Å². The van der Waals surface area contributed by atoms with Crippen LogP contribution in [0, 0.1) is 13.8 Å². The fourth-order valence-electron chi connectivity index (χ4n) is 1.03. The molecule has 0 fully saturated rings. The summed E-state index contributed by atoms with van der Waals surface area (Å²) >= 11 is 0. The van der Waals surface area contributed by atoms with Crippen LogP contribution in [0.3, 0.4) is 0 Å². The van der Waals surface area contributed by atoms with Gasteiger partial charge in [0, 0.05) is 0 Å². The third kappa shape index (κ3) is 9.37. The van der Waals surface area contributed by atoms with E-state index in [-0.39, 0.29) is 52.3 Å². The van der Waals surface area contributed by atoms with Crippen molar-refractivity contribution >= 4 is 0 Å². The molecule has 2 rings (SSSR count). The van der Waals surface area contributed by atoms with Crippen molar-refractivity contribution in [1.82, 2.24) is 0 Å². The van der Waals surface area contributed by atoms with E-state index < -0.39 is 0 Å². The molecule has 1 nitrogen and oxygen atoms in total. The summed E-state index contributed by atoms with van der Waals surface area (Å²) in [4.78, 5) is 0. The zero-order valence-corrected chi connectivity index (χ0v) is 12.9. The van der Waals surface area contributed by atoms with Crippen molar-refractivity contribution in [3.8, 4) is 5.75 Å². The maximum atomic E-state index is 10.8. The van der Waals surface area contributed by atoms with Gasteiger partial charge in [-0.15, -0.1) is 5.75 Å². The predicted octanol–water partition coefficient (Wildman–Crippen LogP) is -3.21. The topological polar surface area (TPSA) is 23.1 Å². The molecule has 0 aliphatic heterocycles. The first kappa shape index (κ1) is 21.9. The largest absolute Gasteiger partial charge is 4.00 e. The number of hydrogen-bond donors (Lipinski definition) is 0. The third-order valence-corrected chi connectivity index (χ3v) is 1.90. The van der Waals surface area contributed by atoms with E-state index in [0.29, 0.717) is 0 Å². The van der Waals surface area contributed by atoms with Crippen molar-refractivity contribution in [2.45, 2.75) is 13.8 Å². The Kier molecular flexibility index (Phi) is 15.6. The second kappa shape index (κ2) is 12.1. The SMILES string of the molecule is Cc1ccc(C)c([O-])c1.[Cl-].[Cl-].[Ti+4].c1cc[cH-]c1. The van der Waals surface area contributed by atoms with Crippen molar-refractivity contribution in [2.24, 2.45) is 0 Å². The summed E-state index contributed by atoms with van der Waals surface area (Å²) in [5.74, 6) is 0.134. The maximum absolute atomic E-state index is 10.8. The van der Waals surface area contributed by atoms with E-state index in [1.165, 1.54) is 0 Å². The molecule has 0 bridgehead atoms. The Morgan fingerprint density at radius 2 is 1.53 bits per heavy atom. The smallest absolute Gasteiger partial charge is 1.00 e. The Morgan fingerprint density at radius 1 is 1.00 bits per heavy atom. The van der Waals surface area contributed by atoms with E-state index in [2.05, 4.69) is 0 Å². The van der Waals surface area contributed by atoms with Crippen LogP contribution in [0.1, 0.15) is 11.1 Å². The first-order valence-electron chi connectivity index (χ1n) is 4.61.